The van der Waals surface area contributed by atoms with E-state index in [1.807, 2.05) is 333 Å². The molecule has 0 amide bonds. The number of ketones is 1. The smallest absolute Gasteiger partial charge is 0.155 e. The molecular formula is C114H90Ir7N14O2-8. The number of benzene rings is 15. The molecule has 1 aliphatic rings. The fourth-order valence-electron chi connectivity index (χ4n) is 15.2. The number of para-hydroxylation sites is 12. The van der Waals surface area contributed by atoms with Crippen LogP contribution >= 0.6 is 0 Å². The van der Waals surface area contributed by atoms with Crippen LogP contribution in [0, 0.1) is 63.0 Å². The second kappa shape index (κ2) is 53.8. The minimum Gasteiger partial charge on any atom is -0.512 e. The Labute approximate surface area is 893 Å². The van der Waals surface area contributed by atoms with Gasteiger partial charge in [0, 0.05) is 219 Å². The van der Waals surface area contributed by atoms with Crippen molar-refractivity contribution >= 4 is 71.9 Å². The molecule has 0 aliphatic carbocycles. The van der Waals surface area contributed by atoms with Crippen LogP contribution in [-0.2, 0) is 153 Å². The first-order chi connectivity index (χ1) is 63.9. The Morgan fingerprint density at radius 3 is 1.15 bits per heavy atom. The van der Waals surface area contributed by atoms with Gasteiger partial charge in [-0.3, -0.25) is 34.7 Å². The number of aromatic nitrogens is 12. The van der Waals surface area contributed by atoms with Crippen molar-refractivity contribution in [1.82, 2.24) is 62.0 Å². The molecule has 22 aromatic rings. The molecule has 15 aromatic carbocycles. The summed E-state index contributed by atoms with van der Waals surface area (Å²) in [7, 11) is 3.97. The van der Waals surface area contributed by atoms with Crippen molar-refractivity contribution < 1.29 is 151 Å². The summed E-state index contributed by atoms with van der Waals surface area (Å²) in [6, 6.07) is 146. The van der Waals surface area contributed by atoms with Gasteiger partial charge in [-0.2, -0.15) is 37.0 Å². The summed E-state index contributed by atoms with van der Waals surface area (Å²) in [6.45, 7) is 9.11. The van der Waals surface area contributed by atoms with E-state index in [4.69, 9.17) is 20.1 Å². The van der Waals surface area contributed by atoms with E-state index in [0.29, 0.717) is 0 Å². The van der Waals surface area contributed by atoms with E-state index in [-0.39, 0.29) is 152 Å². The van der Waals surface area contributed by atoms with Crippen LogP contribution < -0.4 is 4.90 Å². The van der Waals surface area contributed by atoms with Gasteiger partial charge in [-0.25, -0.2) is 0 Å². The molecule has 0 saturated carbocycles. The predicted molar refractivity (Wildman–Crippen MR) is 526 cm³/mol. The van der Waals surface area contributed by atoms with Crippen LogP contribution in [-0.4, -0.2) is 80.0 Å². The number of rotatable bonds is 11. The number of hydrogen-bond acceptors (Lipinski definition) is 10. The number of allylic oxidation sites excluding steroid dienone is 2. The van der Waals surface area contributed by atoms with Crippen molar-refractivity contribution in [3.05, 3.63) is 492 Å². The number of carbonyl (C=O) groups is 1. The third-order valence-electron chi connectivity index (χ3n) is 20.9. The van der Waals surface area contributed by atoms with Crippen LogP contribution in [0.3, 0.4) is 0 Å². The Hall–Kier alpha value is -12.6. The molecule has 137 heavy (non-hydrogen) atoms. The van der Waals surface area contributed by atoms with Crippen LogP contribution in [0.15, 0.2) is 431 Å². The van der Waals surface area contributed by atoms with Crippen LogP contribution in [0.1, 0.15) is 25.0 Å². The van der Waals surface area contributed by atoms with Crippen LogP contribution in [0.2, 0.25) is 0 Å². The standard InChI is InChI=1S/C19H11N2.2C19H13N2.C17H15N2.C15H11N2.C10H10N2.C10H9N2.C5H8O2.7Ir/c1-2-9-15-13(7-1)14-8-3-5-11-17(14)21-18-12-6-4-10-16(18)20-19(15)21;2*1-3-9-15(10-4-1)19-20-17-13-7-8-14-18(17)21(19)16-11-5-2-6-12-16;1-13-7-6-8-14(2)16(13)19-12-11-18-17(19)15-9-4-3-5-10-15;1-3-7-13(8-4-1)15-16-11-12-17(15)14-9-5-2-6-10-14;1-11-7-8-12(9-11)10-5-3-2-4-6-10;1-12-8-7-11-10(12)9-5-3-2-4-6-9;1-4(6)3-5(2)7;;;;;;;/h1-8,10-12H;2*1-9,11-14H;3-9,11-12H,1-2H3;1-7,9-12H;2-5,7-9H,1H3;2-5,7-8H,1H3;3,6H,1-2H3;;;;;;;/q5*-1;-2;-1;;;;;;;;. The summed E-state index contributed by atoms with van der Waals surface area (Å²) in [5.74, 6) is 4.57. The maximum absolute atomic E-state index is 10.0. The molecule has 7 radical (unpaired) electrons. The molecule has 0 saturated heterocycles. The minimum atomic E-state index is -0.125. The van der Waals surface area contributed by atoms with Gasteiger partial charge in [0.15, 0.2) is 5.78 Å². The van der Waals surface area contributed by atoms with Crippen molar-refractivity contribution in [1.29, 1.82) is 0 Å². The number of aliphatic hydroxyl groups excluding tert-OH is 1. The summed E-state index contributed by atoms with van der Waals surface area (Å²) < 4.78 is 12.8. The quantitative estimate of drug-likeness (QED) is 0.0574. The molecular weight excluding hydrogens is 2940 g/mol. The van der Waals surface area contributed by atoms with E-state index in [2.05, 4.69) is 209 Å². The monoisotopic (exact) mass is 3040 g/mol. The van der Waals surface area contributed by atoms with E-state index in [0.717, 1.165) is 124 Å². The summed E-state index contributed by atoms with van der Waals surface area (Å²) in [6.07, 6.45) is 16.5. The molecule has 0 atom stereocenters. The van der Waals surface area contributed by atoms with Crippen LogP contribution in [0.4, 0.5) is 5.69 Å². The molecule has 1 N–H and O–H groups in total. The van der Waals surface area contributed by atoms with E-state index in [9.17, 15) is 4.79 Å². The Morgan fingerprint density at radius 2 is 0.723 bits per heavy atom. The van der Waals surface area contributed by atoms with Gasteiger partial charge in [0.2, 0.25) is 0 Å². The molecule has 23 heteroatoms. The molecule has 16 nitrogen and oxygen atoms in total. The Balaban J connectivity index is 0.000000177. The number of aryl methyl sites for hydroxylation is 3. The number of carbonyl (C=O) groups excluding carboxylic acids is 1. The Bertz CT molecular complexity index is 7290. The topological polar surface area (TPSA) is 150 Å². The van der Waals surface area contributed by atoms with Crippen molar-refractivity contribution in [3.8, 4) is 79.7 Å². The number of fused-ring (bicyclic) bond motifs is 10. The molecule has 1 aliphatic heterocycles. The van der Waals surface area contributed by atoms with Crippen LogP contribution in [0.25, 0.3) is 140 Å². The molecule has 23 rings (SSSR count). The number of imidazole rings is 6. The normalized spacial score (nSPS) is 10.7. The number of pyridine rings is 1. The van der Waals surface area contributed by atoms with Crippen LogP contribution in [0.5, 0.6) is 0 Å². The molecule has 7 aromatic heterocycles. The van der Waals surface area contributed by atoms with Crippen molar-refractivity contribution in [3.63, 3.8) is 0 Å². The van der Waals surface area contributed by atoms with Crippen molar-refractivity contribution in [2.45, 2.75) is 27.7 Å². The SMILES string of the molecule is CC(=O)C=C(C)O.CN1C=CN(c2[c-]cccc2)[CH-]1.Cc1cccc(C)c1-n1ccnc1-c1[c-]cccc1.Cn1ccnc1-c1[c-]cccc1.[Ir].[Ir].[Ir].[Ir].[Ir].[Ir].[Ir].[c-]1cccc2c1c1nc3ccccc3n1c1ccccc21.[c-]1ccccc1-c1nc2ccccc2n1-c1ccccc1.[c-]1ccccc1-c1nc2ccccc2n1-c1ccccc1.[c-]1ccccc1-c1nccn1-c1ccccc1. The minimum absolute atomic E-state index is 0. The first kappa shape index (κ1) is 108. The first-order valence-electron chi connectivity index (χ1n) is 42.4. The summed E-state index contributed by atoms with van der Waals surface area (Å²) in [5, 5.41) is 11.9. The summed E-state index contributed by atoms with van der Waals surface area (Å²) in [5.41, 5.74) is 21.7. The maximum atomic E-state index is 10.0. The number of anilines is 1. The Morgan fingerprint density at radius 1 is 0.343 bits per heavy atom. The average Bonchev–Trinajstić information content (AvgIpc) is 1.59. The molecule has 8 heterocycles. The maximum Gasteiger partial charge on any atom is 0.155 e. The predicted octanol–water partition coefficient (Wildman–Crippen LogP) is 25.6. The van der Waals surface area contributed by atoms with Gasteiger partial charge < -0.3 is 42.1 Å². The van der Waals surface area contributed by atoms with Crippen molar-refractivity contribution in [2.24, 2.45) is 7.05 Å². The first-order valence-corrected chi connectivity index (χ1v) is 42.4. The zero-order valence-corrected chi connectivity index (χ0v) is 91.7. The van der Waals surface area contributed by atoms with E-state index in [1.54, 1.807) is 6.20 Å². The molecule has 0 unspecified atom stereocenters. The molecule has 0 spiro atoms. The zero-order chi connectivity index (χ0) is 89.3. The molecule has 699 valence electrons. The number of hydrogen-bond donors (Lipinski definition) is 1. The largest absolute Gasteiger partial charge is 0.512 e. The number of aliphatic hydroxyl groups is 1. The summed E-state index contributed by atoms with van der Waals surface area (Å²) >= 11 is 0. The third kappa shape index (κ3) is 27.0. The fraction of sp³-hybridized carbons (Fsp3) is 0.0526. The second-order valence-electron chi connectivity index (χ2n) is 30.1. The van der Waals surface area contributed by atoms with Gasteiger partial charge in [0.1, 0.15) is 0 Å². The van der Waals surface area contributed by atoms with Gasteiger partial charge in [0.25, 0.3) is 0 Å². The average molecular weight is 3030 g/mol. The Kier molecular flexibility index (Phi) is 42.5. The third-order valence-corrected chi connectivity index (χ3v) is 20.9. The molecule has 0 bridgehead atoms. The van der Waals surface area contributed by atoms with Crippen molar-refractivity contribution in [2.75, 3.05) is 11.9 Å². The second-order valence-corrected chi connectivity index (χ2v) is 30.1. The van der Waals surface area contributed by atoms with Gasteiger partial charge in [-0.15, -0.1) is 215 Å². The van der Waals surface area contributed by atoms with E-state index in [1.165, 1.54) is 53.0 Å². The van der Waals surface area contributed by atoms with Gasteiger partial charge >= 0.3 is 0 Å². The summed E-state index contributed by atoms with van der Waals surface area (Å²) in [4.78, 5) is 41.5. The van der Waals surface area contributed by atoms with E-state index < -0.39 is 0 Å². The number of nitrogens with zero attached hydrogens (tertiary/aromatic N) is 14. The molecule has 0 fully saturated rings. The zero-order valence-electron chi connectivity index (χ0n) is 74.9. The van der Waals surface area contributed by atoms with Gasteiger partial charge in [-0.05, 0) is 143 Å². The van der Waals surface area contributed by atoms with Gasteiger partial charge in [-0.1, -0.05) is 133 Å². The van der Waals surface area contributed by atoms with Gasteiger partial charge in [0.05, 0.1) is 73.6 Å². The van der Waals surface area contributed by atoms with E-state index >= 15 is 0 Å². The fourth-order valence-corrected chi connectivity index (χ4v) is 15.2.